The molecule has 0 aliphatic carbocycles. The van der Waals surface area contributed by atoms with Gasteiger partial charge in [-0.3, -0.25) is 4.79 Å². The SMILES string of the molecule is CC(Sc1nnc(N2CCOCC2)s1)C(=O)Nc1ccccc1-c1ccccc1. The predicted octanol–water partition coefficient (Wildman–Crippen LogP) is 4.16. The number of hydrogen-bond acceptors (Lipinski definition) is 7. The summed E-state index contributed by atoms with van der Waals surface area (Å²) in [4.78, 5) is 15.0. The highest BCUT2D eigenvalue weighted by atomic mass is 32.2. The minimum atomic E-state index is -0.288. The number of amides is 1. The molecule has 8 heteroatoms. The quantitative estimate of drug-likeness (QED) is 0.597. The Morgan fingerprint density at radius 2 is 1.83 bits per heavy atom. The minimum absolute atomic E-state index is 0.0542. The molecule has 3 aromatic rings. The van der Waals surface area contributed by atoms with Crippen molar-refractivity contribution in [3.63, 3.8) is 0 Å². The van der Waals surface area contributed by atoms with E-state index in [0.29, 0.717) is 13.2 Å². The zero-order valence-corrected chi connectivity index (χ0v) is 17.7. The maximum Gasteiger partial charge on any atom is 0.237 e. The Balaban J connectivity index is 1.41. The smallest absolute Gasteiger partial charge is 0.237 e. The van der Waals surface area contributed by atoms with Crippen LogP contribution in [0.4, 0.5) is 10.8 Å². The molecular weight excluding hydrogens is 404 g/mol. The molecule has 1 atom stereocenters. The van der Waals surface area contributed by atoms with Crippen LogP contribution in [0.3, 0.4) is 0 Å². The van der Waals surface area contributed by atoms with E-state index < -0.39 is 0 Å². The summed E-state index contributed by atoms with van der Waals surface area (Å²) < 4.78 is 6.18. The molecular formula is C21H22N4O2S2. The zero-order valence-electron chi connectivity index (χ0n) is 16.1. The highest BCUT2D eigenvalue weighted by molar-refractivity contribution is 8.02. The van der Waals surface area contributed by atoms with Crippen molar-refractivity contribution in [2.75, 3.05) is 36.5 Å². The molecule has 0 saturated carbocycles. The first kappa shape index (κ1) is 19.9. The number of nitrogens with zero attached hydrogens (tertiary/aromatic N) is 3. The Kier molecular flexibility index (Phi) is 6.43. The molecule has 29 heavy (non-hydrogen) atoms. The molecule has 2 aromatic carbocycles. The van der Waals surface area contributed by atoms with Gasteiger partial charge in [-0.25, -0.2) is 0 Å². The second kappa shape index (κ2) is 9.39. The molecule has 0 radical (unpaired) electrons. The van der Waals surface area contributed by atoms with E-state index in [1.165, 1.54) is 23.1 Å². The van der Waals surface area contributed by atoms with Gasteiger partial charge < -0.3 is 15.0 Å². The number of para-hydroxylation sites is 1. The molecule has 6 nitrogen and oxygen atoms in total. The topological polar surface area (TPSA) is 67.3 Å². The lowest BCUT2D eigenvalue weighted by Gasteiger charge is -2.25. The third-order valence-corrected chi connectivity index (χ3v) is 6.76. The van der Waals surface area contributed by atoms with Gasteiger partial charge in [-0.15, -0.1) is 10.2 Å². The van der Waals surface area contributed by atoms with Gasteiger partial charge in [0.05, 0.1) is 18.5 Å². The Bertz CT molecular complexity index is 958. The van der Waals surface area contributed by atoms with Gasteiger partial charge >= 0.3 is 0 Å². The summed E-state index contributed by atoms with van der Waals surface area (Å²) in [5, 5.41) is 12.2. The second-order valence-corrected chi connectivity index (χ2v) is 9.15. The molecule has 1 N–H and O–H groups in total. The van der Waals surface area contributed by atoms with Crippen LogP contribution in [0.5, 0.6) is 0 Å². The number of anilines is 2. The molecule has 2 heterocycles. The summed E-state index contributed by atoms with van der Waals surface area (Å²) >= 11 is 2.95. The maximum absolute atomic E-state index is 12.8. The summed E-state index contributed by atoms with van der Waals surface area (Å²) in [7, 11) is 0. The van der Waals surface area contributed by atoms with E-state index in [1.54, 1.807) is 0 Å². The number of thioether (sulfide) groups is 1. The first-order chi connectivity index (χ1) is 14.2. The predicted molar refractivity (Wildman–Crippen MR) is 119 cm³/mol. The summed E-state index contributed by atoms with van der Waals surface area (Å²) in [5.74, 6) is -0.0542. The standard InChI is InChI=1S/C21H22N4O2S2/c1-15(28-21-24-23-20(29-21)25-11-13-27-14-12-25)19(26)22-18-10-6-5-9-17(18)16-7-3-2-4-8-16/h2-10,15H,11-14H2,1H3,(H,22,26). The molecule has 4 rings (SSSR count). The van der Waals surface area contributed by atoms with Gasteiger partial charge in [-0.1, -0.05) is 71.6 Å². The van der Waals surface area contributed by atoms with Crippen LogP contribution in [0.2, 0.25) is 0 Å². The molecule has 1 unspecified atom stereocenters. The van der Waals surface area contributed by atoms with Crippen molar-refractivity contribution in [3.8, 4) is 11.1 Å². The third kappa shape index (κ3) is 4.95. The van der Waals surface area contributed by atoms with E-state index >= 15 is 0 Å². The number of hydrogen-bond donors (Lipinski definition) is 1. The fraction of sp³-hybridized carbons (Fsp3) is 0.286. The largest absolute Gasteiger partial charge is 0.378 e. The molecule has 1 saturated heterocycles. The van der Waals surface area contributed by atoms with Gasteiger partial charge in [0.1, 0.15) is 0 Å². The molecule has 0 spiro atoms. The van der Waals surface area contributed by atoms with Gasteiger partial charge in [0.2, 0.25) is 11.0 Å². The average molecular weight is 427 g/mol. The number of carbonyl (C=O) groups excluding carboxylic acids is 1. The van der Waals surface area contributed by atoms with E-state index in [4.69, 9.17) is 4.74 Å². The Hall–Kier alpha value is -2.42. The lowest BCUT2D eigenvalue weighted by atomic mass is 10.0. The molecule has 1 aliphatic heterocycles. The van der Waals surface area contributed by atoms with Crippen molar-refractivity contribution in [3.05, 3.63) is 54.6 Å². The number of rotatable bonds is 6. The normalized spacial score (nSPS) is 15.1. The van der Waals surface area contributed by atoms with Crippen molar-refractivity contribution in [1.82, 2.24) is 10.2 Å². The number of ether oxygens (including phenoxy) is 1. The van der Waals surface area contributed by atoms with Crippen LogP contribution in [-0.2, 0) is 9.53 Å². The Labute approximate surface area is 178 Å². The number of morpholine rings is 1. The first-order valence-electron chi connectivity index (χ1n) is 9.49. The van der Waals surface area contributed by atoms with E-state index in [2.05, 4.69) is 20.4 Å². The van der Waals surface area contributed by atoms with Gasteiger partial charge in [0.25, 0.3) is 0 Å². The maximum atomic E-state index is 12.8. The Morgan fingerprint density at radius 1 is 1.10 bits per heavy atom. The van der Waals surface area contributed by atoms with Gasteiger partial charge in [-0.05, 0) is 18.6 Å². The third-order valence-electron chi connectivity index (χ3n) is 4.59. The summed E-state index contributed by atoms with van der Waals surface area (Å²) in [6.07, 6.45) is 0. The highest BCUT2D eigenvalue weighted by Crippen LogP contribution is 2.32. The number of aromatic nitrogens is 2. The van der Waals surface area contributed by atoms with Gasteiger partial charge in [0, 0.05) is 24.3 Å². The van der Waals surface area contributed by atoms with Crippen LogP contribution in [-0.4, -0.2) is 47.7 Å². The fourth-order valence-electron chi connectivity index (χ4n) is 3.03. The van der Waals surface area contributed by atoms with Crippen molar-refractivity contribution in [2.24, 2.45) is 0 Å². The average Bonchev–Trinajstić information content (AvgIpc) is 3.24. The molecule has 1 fully saturated rings. The molecule has 1 aliphatic rings. The monoisotopic (exact) mass is 426 g/mol. The van der Waals surface area contributed by atoms with E-state index in [-0.39, 0.29) is 11.2 Å². The number of carbonyl (C=O) groups is 1. The lowest BCUT2D eigenvalue weighted by molar-refractivity contribution is -0.115. The molecule has 150 valence electrons. The summed E-state index contributed by atoms with van der Waals surface area (Å²) in [5.41, 5.74) is 2.88. The number of benzene rings is 2. The van der Waals surface area contributed by atoms with Crippen LogP contribution in [0.25, 0.3) is 11.1 Å². The van der Waals surface area contributed by atoms with Crippen LogP contribution in [0, 0.1) is 0 Å². The van der Waals surface area contributed by atoms with Gasteiger partial charge in [-0.2, -0.15) is 0 Å². The van der Waals surface area contributed by atoms with Crippen molar-refractivity contribution < 1.29 is 9.53 Å². The van der Waals surface area contributed by atoms with Crippen LogP contribution < -0.4 is 10.2 Å². The zero-order chi connectivity index (χ0) is 20.1. The van der Waals surface area contributed by atoms with Crippen LogP contribution >= 0.6 is 23.1 Å². The van der Waals surface area contributed by atoms with E-state index in [1.807, 2.05) is 61.5 Å². The van der Waals surface area contributed by atoms with Crippen molar-refractivity contribution in [2.45, 2.75) is 16.5 Å². The fourth-order valence-corrected chi connectivity index (χ4v) is 5.07. The van der Waals surface area contributed by atoms with Gasteiger partial charge in [0.15, 0.2) is 4.34 Å². The van der Waals surface area contributed by atoms with E-state index in [0.717, 1.165) is 39.4 Å². The number of nitrogens with one attached hydrogen (secondary N) is 1. The van der Waals surface area contributed by atoms with Crippen LogP contribution in [0.1, 0.15) is 6.92 Å². The first-order valence-corrected chi connectivity index (χ1v) is 11.2. The summed E-state index contributed by atoms with van der Waals surface area (Å²) in [6.45, 7) is 4.96. The minimum Gasteiger partial charge on any atom is -0.378 e. The van der Waals surface area contributed by atoms with Crippen molar-refractivity contribution >= 4 is 39.8 Å². The second-order valence-electron chi connectivity index (χ2n) is 6.61. The van der Waals surface area contributed by atoms with Crippen molar-refractivity contribution in [1.29, 1.82) is 0 Å². The highest BCUT2D eigenvalue weighted by Gasteiger charge is 2.21. The Morgan fingerprint density at radius 3 is 2.62 bits per heavy atom. The molecule has 1 amide bonds. The van der Waals surface area contributed by atoms with Crippen LogP contribution in [0.15, 0.2) is 58.9 Å². The van der Waals surface area contributed by atoms with E-state index in [9.17, 15) is 4.79 Å². The lowest BCUT2D eigenvalue weighted by Crippen LogP contribution is -2.36. The molecule has 1 aromatic heterocycles. The summed E-state index contributed by atoms with van der Waals surface area (Å²) in [6, 6.07) is 17.9. The molecule has 0 bridgehead atoms.